The van der Waals surface area contributed by atoms with Gasteiger partial charge in [0.05, 0.1) is 10.6 Å². The Morgan fingerprint density at radius 2 is 1.52 bits per heavy atom. The van der Waals surface area contributed by atoms with Crippen LogP contribution in [0.3, 0.4) is 0 Å². The number of amides is 2. The van der Waals surface area contributed by atoms with Crippen LogP contribution >= 0.6 is 11.6 Å². The van der Waals surface area contributed by atoms with Gasteiger partial charge in [-0.2, -0.15) is 0 Å². The van der Waals surface area contributed by atoms with Crippen molar-refractivity contribution in [2.75, 3.05) is 14.9 Å². The minimum absolute atomic E-state index is 0.00326. The van der Waals surface area contributed by atoms with Gasteiger partial charge < -0.3 is 5.32 Å². The zero-order valence-electron chi connectivity index (χ0n) is 15.8. The van der Waals surface area contributed by atoms with Crippen LogP contribution in [0, 0.1) is 0 Å². The molecule has 2 heterocycles. The van der Waals surface area contributed by atoms with E-state index >= 15 is 0 Å². The summed E-state index contributed by atoms with van der Waals surface area (Å²) in [6.07, 6.45) is 1.47. The maximum atomic E-state index is 12.7. The van der Waals surface area contributed by atoms with Gasteiger partial charge in [0.1, 0.15) is 16.5 Å². The molecule has 8 nitrogen and oxygen atoms in total. The maximum absolute atomic E-state index is 12.7. The van der Waals surface area contributed by atoms with Crippen molar-refractivity contribution in [2.24, 2.45) is 0 Å². The number of aromatic nitrogens is 1. The lowest BCUT2D eigenvalue weighted by Gasteiger charge is -2.15. The van der Waals surface area contributed by atoms with Crippen LogP contribution in [0.1, 0.15) is 0 Å². The highest BCUT2D eigenvalue weighted by Gasteiger charge is 2.38. The Morgan fingerprint density at radius 1 is 0.839 bits per heavy atom. The van der Waals surface area contributed by atoms with Crippen molar-refractivity contribution in [3.05, 3.63) is 89.7 Å². The highest BCUT2D eigenvalue weighted by molar-refractivity contribution is 7.92. The lowest BCUT2D eigenvalue weighted by atomic mass is 10.3. The number of hydrogen-bond donors (Lipinski definition) is 2. The van der Waals surface area contributed by atoms with E-state index in [1.165, 1.54) is 36.5 Å². The van der Waals surface area contributed by atoms with E-state index in [2.05, 4.69) is 15.0 Å². The molecule has 156 valence electrons. The third-order valence-corrected chi connectivity index (χ3v) is 6.10. The predicted octanol–water partition coefficient (Wildman–Crippen LogP) is 3.32. The lowest BCUT2D eigenvalue weighted by Crippen LogP contribution is -2.32. The maximum Gasteiger partial charge on any atom is 0.283 e. The Kier molecular flexibility index (Phi) is 5.45. The van der Waals surface area contributed by atoms with Gasteiger partial charge in [-0.25, -0.2) is 18.3 Å². The fourth-order valence-corrected chi connectivity index (χ4v) is 4.13. The van der Waals surface area contributed by atoms with Crippen LogP contribution in [0.2, 0.25) is 0 Å². The summed E-state index contributed by atoms with van der Waals surface area (Å²) in [5.74, 6) is -1.05. The molecule has 0 saturated heterocycles. The summed E-state index contributed by atoms with van der Waals surface area (Å²) in [6, 6.07) is 18.9. The normalized spacial score (nSPS) is 14.2. The lowest BCUT2D eigenvalue weighted by molar-refractivity contribution is -0.120. The number of para-hydroxylation sites is 1. The Balaban J connectivity index is 1.53. The number of benzene rings is 2. The molecule has 31 heavy (non-hydrogen) atoms. The number of halogens is 1. The van der Waals surface area contributed by atoms with Crippen LogP contribution in [0.4, 0.5) is 17.2 Å². The van der Waals surface area contributed by atoms with Gasteiger partial charge in [-0.1, -0.05) is 35.9 Å². The third-order valence-electron chi connectivity index (χ3n) is 4.38. The molecule has 2 N–H and O–H groups in total. The van der Waals surface area contributed by atoms with Crippen molar-refractivity contribution >= 4 is 50.6 Å². The fraction of sp³-hybridized carbons (Fsp3) is 0. The summed E-state index contributed by atoms with van der Waals surface area (Å²) < 4.78 is 27.4. The number of hydrogen-bond acceptors (Lipinski definition) is 6. The molecule has 0 spiro atoms. The molecule has 0 unspecified atom stereocenters. The molecule has 0 fully saturated rings. The largest absolute Gasteiger partial charge is 0.350 e. The van der Waals surface area contributed by atoms with Crippen molar-refractivity contribution < 1.29 is 18.0 Å². The molecule has 1 aromatic heterocycles. The Labute approximate surface area is 183 Å². The van der Waals surface area contributed by atoms with Crippen molar-refractivity contribution in [3.63, 3.8) is 0 Å². The van der Waals surface area contributed by atoms with Crippen molar-refractivity contribution in [1.82, 2.24) is 4.98 Å². The van der Waals surface area contributed by atoms with Gasteiger partial charge in [-0.05, 0) is 48.5 Å². The van der Waals surface area contributed by atoms with Crippen LogP contribution in [-0.2, 0) is 19.6 Å². The number of rotatable bonds is 6. The molecule has 0 bridgehead atoms. The van der Waals surface area contributed by atoms with Gasteiger partial charge in [-0.3, -0.25) is 14.3 Å². The average Bonchev–Trinajstić information content (AvgIpc) is 2.98. The van der Waals surface area contributed by atoms with E-state index in [0.29, 0.717) is 11.4 Å². The van der Waals surface area contributed by atoms with Gasteiger partial charge in [0, 0.05) is 11.9 Å². The van der Waals surface area contributed by atoms with Crippen LogP contribution in [0.5, 0.6) is 0 Å². The SMILES string of the molecule is O=C1C(Cl)=C(Nc2ccc(S(=O)(=O)Nc3ccccn3)cc2)C(=O)N1c1ccccc1. The molecule has 0 saturated carbocycles. The number of sulfonamides is 1. The van der Waals surface area contributed by atoms with E-state index in [0.717, 1.165) is 4.90 Å². The fourth-order valence-electron chi connectivity index (χ4n) is 2.90. The first kappa shape index (κ1) is 20.6. The van der Waals surface area contributed by atoms with E-state index < -0.39 is 21.8 Å². The third kappa shape index (κ3) is 4.14. The molecule has 0 aliphatic carbocycles. The van der Waals surface area contributed by atoms with Gasteiger partial charge in [0.15, 0.2) is 0 Å². The van der Waals surface area contributed by atoms with E-state index in [1.54, 1.807) is 42.5 Å². The highest BCUT2D eigenvalue weighted by Crippen LogP contribution is 2.30. The summed E-state index contributed by atoms with van der Waals surface area (Å²) >= 11 is 6.10. The van der Waals surface area contributed by atoms with E-state index in [9.17, 15) is 18.0 Å². The van der Waals surface area contributed by atoms with Crippen LogP contribution in [-0.4, -0.2) is 25.2 Å². The minimum atomic E-state index is -3.84. The number of anilines is 3. The van der Waals surface area contributed by atoms with E-state index in [-0.39, 0.29) is 21.4 Å². The van der Waals surface area contributed by atoms with Crippen molar-refractivity contribution in [2.45, 2.75) is 4.90 Å². The van der Waals surface area contributed by atoms with Crippen molar-refractivity contribution in [3.8, 4) is 0 Å². The van der Waals surface area contributed by atoms with Crippen LogP contribution < -0.4 is 14.9 Å². The van der Waals surface area contributed by atoms with Gasteiger partial charge in [-0.15, -0.1) is 0 Å². The monoisotopic (exact) mass is 454 g/mol. The van der Waals surface area contributed by atoms with Crippen LogP contribution in [0.25, 0.3) is 0 Å². The molecule has 1 aliphatic heterocycles. The minimum Gasteiger partial charge on any atom is -0.350 e. The molecular formula is C21H15ClN4O4S. The Bertz CT molecular complexity index is 1280. The summed E-state index contributed by atoms with van der Waals surface area (Å²) in [6.45, 7) is 0. The second kappa shape index (κ2) is 8.21. The molecular weight excluding hydrogens is 440 g/mol. The van der Waals surface area contributed by atoms with Gasteiger partial charge in [0.2, 0.25) is 0 Å². The number of carbonyl (C=O) groups excluding carboxylic acids is 2. The van der Waals surface area contributed by atoms with Gasteiger partial charge >= 0.3 is 0 Å². The second-order valence-electron chi connectivity index (χ2n) is 6.44. The molecule has 2 aromatic carbocycles. The second-order valence-corrected chi connectivity index (χ2v) is 8.50. The average molecular weight is 455 g/mol. The quantitative estimate of drug-likeness (QED) is 0.553. The summed E-state index contributed by atoms with van der Waals surface area (Å²) in [5, 5.41) is 2.56. The Hall–Kier alpha value is -3.69. The number of pyridine rings is 1. The highest BCUT2D eigenvalue weighted by atomic mass is 35.5. The molecule has 1 aliphatic rings. The number of imide groups is 1. The zero-order valence-corrected chi connectivity index (χ0v) is 17.4. The van der Waals surface area contributed by atoms with Crippen LogP contribution in [0.15, 0.2) is 94.6 Å². The molecule has 0 radical (unpaired) electrons. The molecule has 2 amide bonds. The topological polar surface area (TPSA) is 108 Å². The predicted molar refractivity (Wildman–Crippen MR) is 117 cm³/mol. The standard InChI is InChI=1S/C21H15ClN4O4S/c22-18-19(21(28)26(20(18)27)15-6-2-1-3-7-15)24-14-9-11-16(12-10-14)31(29,30)25-17-8-4-5-13-23-17/h1-13,24H,(H,23,25). The molecule has 0 atom stereocenters. The summed E-state index contributed by atoms with van der Waals surface area (Å²) in [5.41, 5.74) is 0.702. The van der Waals surface area contributed by atoms with Gasteiger partial charge in [0.25, 0.3) is 21.8 Å². The van der Waals surface area contributed by atoms with E-state index in [4.69, 9.17) is 11.6 Å². The Morgan fingerprint density at radius 3 is 2.16 bits per heavy atom. The first-order valence-corrected chi connectivity index (χ1v) is 10.9. The van der Waals surface area contributed by atoms with Crippen molar-refractivity contribution in [1.29, 1.82) is 0 Å². The molecule has 3 aromatic rings. The smallest absolute Gasteiger partial charge is 0.283 e. The summed E-state index contributed by atoms with van der Waals surface area (Å²) in [4.78, 5) is 30.1. The number of carbonyl (C=O) groups is 2. The first-order valence-electron chi connectivity index (χ1n) is 9.01. The molecule has 4 rings (SSSR count). The first-order chi connectivity index (χ1) is 14.9. The number of nitrogens with one attached hydrogen (secondary N) is 2. The van der Waals surface area contributed by atoms with E-state index in [1.807, 2.05) is 0 Å². The zero-order chi connectivity index (χ0) is 22.0. The molecule has 10 heteroatoms. The number of nitrogens with zero attached hydrogens (tertiary/aromatic N) is 2. The summed E-state index contributed by atoms with van der Waals surface area (Å²) in [7, 11) is -3.84.